The van der Waals surface area contributed by atoms with Crippen molar-refractivity contribution in [3.05, 3.63) is 17.7 Å². The Labute approximate surface area is 103 Å². The van der Waals surface area contributed by atoms with Gasteiger partial charge in [0.2, 0.25) is 0 Å². The zero-order chi connectivity index (χ0) is 11.8. The lowest BCUT2D eigenvalue weighted by molar-refractivity contribution is 0.248. The molecule has 1 saturated heterocycles. The fourth-order valence-corrected chi connectivity index (χ4v) is 3.14. The van der Waals surface area contributed by atoms with Crippen LogP contribution in [0.25, 0.3) is 0 Å². The Morgan fingerprint density at radius 3 is 2.88 bits per heavy atom. The molecule has 0 bridgehead atoms. The summed E-state index contributed by atoms with van der Waals surface area (Å²) in [6.45, 7) is 3.47. The van der Waals surface area contributed by atoms with Crippen molar-refractivity contribution in [3.63, 3.8) is 0 Å². The molecule has 1 aromatic heterocycles. The Bertz CT molecular complexity index is 398. The second-order valence-electron chi connectivity index (χ2n) is 5.57. The SMILES string of the molecule is CN1CCCC(c2cn3c(n2)C(N)CCC3)C1. The van der Waals surface area contributed by atoms with Crippen LogP contribution in [0.4, 0.5) is 0 Å². The van der Waals surface area contributed by atoms with Crippen LogP contribution in [0.2, 0.25) is 0 Å². The molecule has 4 heteroatoms. The predicted octanol–water partition coefficient (Wildman–Crippen LogP) is 1.49. The van der Waals surface area contributed by atoms with Gasteiger partial charge in [0.15, 0.2) is 0 Å². The molecule has 2 N–H and O–H groups in total. The average Bonchev–Trinajstić information content (AvgIpc) is 2.74. The molecule has 2 atom stereocenters. The summed E-state index contributed by atoms with van der Waals surface area (Å²) in [5.41, 5.74) is 7.39. The number of likely N-dealkylation sites (N-methyl/N-ethyl adjacent to an activating group) is 1. The summed E-state index contributed by atoms with van der Waals surface area (Å²) in [4.78, 5) is 7.21. The topological polar surface area (TPSA) is 47.1 Å². The van der Waals surface area contributed by atoms with Crippen LogP contribution in [0.3, 0.4) is 0 Å². The normalized spacial score (nSPS) is 30.2. The van der Waals surface area contributed by atoms with Crippen molar-refractivity contribution in [2.24, 2.45) is 5.73 Å². The van der Waals surface area contributed by atoms with Gasteiger partial charge in [-0.3, -0.25) is 0 Å². The van der Waals surface area contributed by atoms with E-state index in [9.17, 15) is 0 Å². The molecular weight excluding hydrogens is 212 g/mol. The summed E-state index contributed by atoms with van der Waals surface area (Å²) < 4.78 is 2.28. The first-order valence-electron chi connectivity index (χ1n) is 6.75. The molecule has 3 rings (SSSR count). The van der Waals surface area contributed by atoms with E-state index in [1.807, 2.05) is 0 Å². The molecule has 0 aliphatic carbocycles. The van der Waals surface area contributed by atoms with Gasteiger partial charge in [-0.25, -0.2) is 4.98 Å². The fourth-order valence-electron chi connectivity index (χ4n) is 3.14. The highest BCUT2D eigenvalue weighted by molar-refractivity contribution is 5.14. The minimum absolute atomic E-state index is 0.152. The molecule has 1 fully saturated rings. The van der Waals surface area contributed by atoms with Gasteiger partial charge in [-0.2, -0.15) is 0 Å². The standard InChI is InChI=1S/C13H22N4/c1-16-6-2-4-10(8-16)12-9-17-7-3-5-11(14)13(17)15-12/h9-11H,2-8,14H2,1H3. The highest BCUT2D eigenvalue weighted by atomic mass is 15.1. The van der Waals surface area contributed by atoms with Crippen LogP contribution in [0.5, 0.6) is 0 Å². The lowest BCUT2D eigenvalue weighted by atomic mass is 9.96. The van der Waals surface area contributed by atoms with Gasteiger partial charge in [0.05, 0.1) is 11.7 Å². The lowest BCUT2D eigenvalue weighted by Crippen LogP contribution is -2.31. The van der Waals surface area contributed by atoms with E-state index in [-0.39, 0.29) is 6.04 Å². The number of imidazole rings is 1. The Morgan fingerprint density at radius 2 is 2.12 bits per heavy atom. The summed E-state index contributed by atoms with van der Waals surface area (Å²) in [7, 11) is 2.20. The summed E-state index contributed by atoms with van der Waals surface area (Å²) >= 11 is 0. The Balaban J connectivity index is 1.83. The summed E-state index contributed by atoms with van der Waals surface area (Å²) in [6, 6.07) is 0.152. The largest absolute Gasteiger partial charge is 0.333 e. The zero-order valence-electron chi connectivity index (χ0n) is 10.6. The van der Waals surface area contributed by atoms with Gasteiger partial charge in [-0.1, -0.05) is 0 Å². The van der Waals surface area contributed by atoms with Gasteiger partial charge in [0.1, 0.15) is 5.82 Å². The summed E-state index contributed by atoms with van der Waals surface area (Å²) in [6.07, 6.45) is 7.08. The van der Waals surface area contributed by atoms with E-state index in [2.05, 4.69) is 22.7 Å². The first-order chi connectivity index (χ1) is 8.24. The lowest BCUT2D eigenvalue weighted by Gasteiger charge is -2.28. The molecular formula is C13H22N4. The molecule has 1 aromatic rings. The van der Waals surface area contributed by atoms with Crippen molar-refractivity contribution in [3.8, 4) is 0 Å². The van der Waals surface area contributed by atoms with Gasteiger partial charge in [0.25, 0.3) is 0 Å². The molecule has 2 unspecified atom stereocenters. The minimum Gasteiger partial charge on any atom is -0.333 e. The molecule has 0 radical (unpaired) electrons. The van der Waals surface area contributed by atoms with E-state index in [0.717, 1.165) is 25.3 Å². The van der Waals surface area contributed by atoms with E-state index in [1.54, 1.807) is 0 Å². The maximum atomic E-state index is 6.12. The number of piperidine rings is 1. The van der Waals surface area contributed by atoms with Crippen LogP contribution in [0.1, 0.15) is 49.2 Å². The fraction of sp³-hybridized carbons (Fsp3) is 0.769. The third-order valence-electron chi connectivity index (χ3n) is 4.11. The van der Waals surface area contributed by atoms with Gasteiger partial charge >= 0.3 is 0 Å². The Kier molecular flexibility index (Phi) is 2.92. The van der Waals surface area contributed by atoms with Crippen LogP contribution < -0.4 is 5.73 Å². The van der Waals surface area contributed by atoms with Crippen molar-refractivity contribution in [2.45, 2.75) is 44.2 Å². The summed E-state index contributed by atoms with van der Waals surface area (Å²) in [5.74, 6) is 1.72. The molecule has 3 heterocycles. The molecule has 2 aliphatic rings. The van der Waals surface area contributed by atoms with E-state index < -0.39 is 0 Å². The highest BCUT2D eigenvalue weighted by Gasteiger charge is 2.25. The molecule has 4 nitrogen and oxygen atoms in total. The molecule has 0 amide bonds. The number of fused-ring (bicyclic) bond motifs is 1. The van der Waals surface area contributed by atoms with Crippen LogP contribution in [-0.4, -0.2) is 34.6 Å². The summed E-state index contributed by atoms with van der Waals surface area (Å²) in [5, 5.41) is 0. The Hall–Kier alpha value is -0.870. The van der Waals surface area contributed by atoms with Gasteiger partial charge in [0, 0.05) is 25.2 Å². The van der Waals surface area contributed by atoms with Crippen molar-refractivity contribution >= 4 is 0 Å². The number of aromatic nitrogens is 2. The molecule has 0 saturated carbocycles. The van der Waals surface area contributed by atoms with Crippen LogP contribution in [0.15, 0.2) is 6.20 Å². The molecule has 0 spiro atoms. The van der Waals surface area contributed by atoms with Gasteiger partial charge < -0.3 is 15.2 Å². The van der Waals surface area contributed by atoms with Crippen molar-refractivity contribution in [1.29, 1.82) is 0 Å². The average molecular weight is 234 g/mol. The van der Waals surface area contributed by atoms with E-state index >= 15 is 0 Å². The van der Waals surface area contributed by atoms with Crippen LogP contribution >= 0.6 is 0 Å². The van der Waals surface area contributed by atoms with Gasteiger partial charge in [-0.15, -0.1) is 0 Å². The molecule has 2 aliphatic heterocycles. The van der Waals surface area contributed by atoms with Crippen LogP contribution in [-0.2, 0) is 6.54 Å². The van der Waals surface area contributed by atoms with Crippen LogP contribution in [0, 0.1) is 0 Å². The Morgan fingerprint density at radius 1 is 1.29 bits per heavy atom. The highest BCUT2D eigenvalue weighted by Crippen LogP contribution is 2.29. The van der Waals surface area contributed by atoms with Gasteiger partial charge in [-0.05, 0) is 39.3 Å². The predicted molar refractivity (Wildman–Crippen MR) is 67.9 cm³/mol. The van der Waals surface area contributed by atoms with Crippen molar-refractivity contribution in [2.75, 3.05) is 20.1 Å². The number of hydrogen-bond donors (Lipinski definition) is 1. The third-order valence-corrected chi connectivity index (χ3v) is 4.11. The number of nitrogens with zero attached hydrogens (tertiary/aromatic N) is 3. The third kappa shape index (κ3) is 2.11. The van der Waals surface area contributed by atoms with E-state index in [4.69, 9.17) is 10.7 Å². The molecule has 94 valence electrons. The maximum absolute atomic E-state index is 6.12. The van der Waals surface area contributed by atoms with E-state index in [0.29, 0.717) is 5.92 Å². The number of rotatable bonds is 1. The maximum Gasteiger partial charge on any atom is 0.125 e. The quantitative estimate of drug-likeness (QED) is 0.800. The molecule has 0 aromatic carbocycles. The number of nitrogens with two attached hydrogens (primary N) is 1. The van der Waals surface area contributed by atoms with E-state index in [1.165, 1.54) is 31.5 Å². The van der Waals surface area contributed by atoms with Crippen molar-refractivity contribution < 1.29 is 0 Å². The minimum atomic E-state index is 0.152. The zero-order valence-corrected chi connectivity index (χ0v) is 10.6. The smallest absolute Gasteiger partial charge is 0.125 e. The molecule has 17 heavy (non-hydrogen) atoms. The first kappa shape index (κ1) is 11.2. The number of likely N-dealkylation sites (tertiary alicyclic amines) is 1. The van der Waals surface area contributed by atoms with Crippen molar-refractivity contribution in [1.82, 2.24) is 14.5 Å². The first-order valence-corrected chi connectivity index (χ1v) is 6.75. The second-order valence-corrected chi connectivity index (χ2v) is 5.57. The number of aryl methyl sites for hydroxylation is 1. The number of hydrogen-bond acceptors (Lipinski definition) is 3. The second kappa shape index (κ2) is 4.42. The monoisotopic (exact) mass is 234 g/mol.